The highest BCUT2D eigenvalue weighted by atomic mass is 19.4. The molecule has 32 heavy (non-hydrogen) atoms. The van der Waals surface area contributed by atoms with Crippen LogP contribution in [0.15, 0.2) is 63.8 Å². The number of nitrogens with one attached hydrogen (secondary N) is 1. The topological polar surface area (TPSA) is 113 Å². The maximum absolute atomic E-state index is 12.7. The van der Waals surface area contributed by atoms with Crippen LogP contribution in [-0.4, -0.2) is 34.6 Å². The Morgan fingerprint density at radius 1 is 1.09 bits per heavy atom. The minimum atomic E-state index is -4.91. The largest absolute Gasteiger partial charge is 0.573 e. The van der Waals surface area contributed by atoms with Crippen LogP contribution in [0.4, 0.5) is 19.0 Å². The van der Waals surface area contributed by atoms with Crippen LogP contribution < -0.4 is 14.8 Å². The highest BCUT2D eigenvalue weighted by molar-refractivity contribution is 6.06. The number of hydrogen-bond acceptors (Lipinski definition) is 8. The van der Waals surface area contributed by atoms with Crippen LogP contribution in [0.1, 0.15) is 10.4 Å². The summed E-state index contributed by atoms with van der Waals surface area (Å²) in [6, 6.07) is 9.50. The molecule has 1 amide bonds. The zero-order valence-electron chi connectivity index (χ0n) is 16.2. The molecular weight excluding hydrogens is 433 g/mol. The first-order chi connectivity index (χ1) is 15.3. The fourth-order valence-corrected chi connectivity index (χ4v) is 2.72. The number of benzene rings is 1. The maximum Gasteiger partial charge on any atom is 0.573 e. The van der Waals surface area contributed by atoms with E-state index in [1.165, 1.54) is 31.7 Å². The fraction of sp³-hybridized carbons (Fsp3) is 0.100. The highest BCUT2D eigenvalue weighted by Gasteiger charge is 2.31. The molecule has 4 aromatic rings. The molecule has 1 aromatic carbocycles. The molecular formula is C20H13F3N4O5. The number of ether oxygens (including phenoxy) is 2. The summed E-state index contributed by atoms with van der Waals surface area (Å²) < 4.78 is 57.2. The van der Waals surface area contributed by atoms with E-state index < -0.39 is 18.0 Å². The van der Waals surface area contributed by atoms with Gasteiger partial charge in [0.15, 0.2) is 5.76 Å². The minimum Gasteiger partial charge on any atom is -0.496 e. The van der Waals surface area contributed by atoms with Crippen molar-refractivity contribution in [3.63, 3.8) is 0 Å². The number of halogens is 3. The Morgan fingerprint density at radius 2 is 1.91 bits per heavy atom. The van der Waals surface area contributed by atoms with Gasteiger partial charge < -0.3 is 23.6 Å². The van der Waals surface area contributed by atoms with Crippen LogP contribution in [0, 0.1) is 0 Å². The number of nitrogens with zero attached hydrogens (tertiary/aromatic N) is 3. The number of anilines is 1. The van der Waals surface area contributed by atoms with Gasteiger partial charge in [-0.15, -0.1) is 23.4 Å². The SMILES string of the molecule is COc1ccc(OC(F)(F)F)cc1C(=O)Nc1cc(-c2nnc(-c3ccco3)o2)ccn1. The van der Waals surface area contributed by atoms with Crippen molar-refractivity contribution in [3.8, 4) is 34.6 Å². The van der Waals surface area contributed by atoms with Gasteiger partial charge in [-0.1, -0.05) is 0 Å². The summed E-state index contributed by atoms with van der Waals surface area (Å²) in [5.41, 5.74) is 0.265. The van der Waals surface area contributed by atoms with Crippen molar-refractivity contribution >= 4 is 11.7 Å². The average molecular weight is 446 g/mol. The summed E-state index contributed by atoms with van der Waals surface area (Å²) in [6.07, 6.45) is -2.05. The molecule has 0 bridgehead atoms. The molecule has 3 heterocycles. The Kier molecular flexibility index (Phi) is 5.50. The summed E-state index contributed by atoms with van der Waals surface area (Å²) >= 11 is 0. The van der Waals surface area contributed by atoms with E-state index in [-0.39, 0.29) is 28.9 Å². The molecule has 0 spiro atoms. The van der Waals surface area contributed by atoms with Gasteiger partial charge in [0.2, 0.25) is 5.89 Å². The Hall–Kier alpha value is -4.35. The first kappa shape index (κ1) is 20.9. The normalized spacial score (nSPS) is 11.2. The number of hydrogen-bond donors (Lipinski definition) is 1. The third kappa shape index (κ3) is 4.69. The molecule has 3 aromatic heterocycles. The van der Waals surface area contributed by atoms with Crippen molar-refractivity contribution in [2.75, 3.05) is 12.4 Å². The number of carbonyl (C=O) groups excluding carboxylic acids is 1. The minimum absolute atomic E-state index is 0.0492. The molecule has 0 aliphatic heterocycles. The van der Waals surface area contributed by atoms with Crippen molar-refractivity contribution in [1.82, 2.24) is 15.2 Å². The number of amides is 1. The molecule has 9 nitrogen and oxygen atoms in total. The van der Waals surface area contributed by atoms with E-state index in [0.29, 0.717) is 11.3 Å². The van der Waals surface area contributed by atoms with Gasteiger partial charge in [0.1, 0.15) is 17.3 Å². The third-order valence-electron chi connectivity index (χ3n) is 4.05. The van der Waals surface area contributed by atoms with E-state index in [1.807, 2.05) is 0 Å². The van der Waals surface area contributed by atoms with Gasteiger partial charge in [-0.25, -0.2) is 4.98 Å². The lowest BCUT2D eigenvalue weighted by Crippen LogP contribution is -2.18. The smallest absolute Gasteiger partial charge is 0.496 e. The summed E-state index contributed by atoms with van der Waals surface area (Å²) in [6.45, 7) is 0. The molecule has 4 rings (SSSR count). The van der Waals surface area contributed by atoms with Crippen LogP contribution in [0.2, 0.25) is 0 Å². The summed E-state index contributed by atoms with van der Waals surface area (Å²) in [4.78, 5) is 16.7. The Labute approximate surface area is 177 Å². The number of aromatic nitrogens is 3. The highest BCUT2D eigenvalue weighted by Crippen LogP contribution is 2.29. The van der Waals surface area contributed by atoms with E-state index in [2.05, 4.69) is 25.2 Å². The van der Waals surface area contributed by atoms with Crippen LogP contribution in [0.3, 0.4) is 0 Å². The number of furan rings is 1. The monoisotopic (exact) mass is 446 g/mol. The van der Waals surface area contributed by atoms with E-state index in [4.69, 9.17) is 13.6 Å². The molecule has 0 aliphatic rings. The van der Waals surface area contributed by atoms with Crippen molar-refractivity contribution in [1.29, 1.82) is 0 Å². The van der Waals surface area contributed by atoms with Crippen molar-refractivity contribution in [2.24, 2.45) is 0 Å². The molecule has 0 atom stereocenters. The molecule has 12 heteroatoms. The zero-order chi connectivity index (χ0) is 22.7. The van der Waals surface area contributed by atoms with E-state index in [9.17, 15) is 18.0 Å². The van der Waals surface area contributed by atoms with Crippen LogP contribution >= 0.6 is 0 Å². The maximum atomic E-state index is 12.7. The second kappa shape index (κ2) is 8.41. The van der Waals surface area contributed by atoms with Gasteiger partial charge in [0, 0.05) is 11.8 Å². The van der Waals surface area contributed by atoms with E-state index in [1.54, 1.807) is 18.2 Å². The molecule has 0 saturated heterocycles. The van der Waals surface area contributed by atoms with Crippen LogP contribution in [-0.2, 0) is 0 Å². The summed E-state index contributed by atoms with van der Waals surface area (Å²) in [5.74, 6) is -0.490. The number of rotatable bonds is 6. The molecule has 0 radical (unpaired) electrons. The molecule has 164 valence electrons. The standard InChI is InChI=1S/C20H13F3N4O5/c1-29-14-5-4-12(32-20(21,22)23)10-13(14)17(28)25-16-9-11(6-7-24-16)18-26-27-19(31-18)15-3-2-8-30-15/h2-10H,1H3,(H,24,25,28). The molecule has 0 fully saturated rings. The third-order valence-corrected chi connectivity index (χ3v) is 4.05. The number of carbonyl (C=O) groups is 1. The van der Waals surface area contributed by atoms with Crippen molar-refractivity contribution in [3.05, 3.63) is 60.5 Å². The van der Waals surface area contributed by atoms with Crippen LogP contribution in [0.25, 0.3) is 23.1 Å². The van der Waals surface area contributed by atoms with Gasteiger partial charge in [0.05, 0.1) is 18.9 Å². The van der Waals surface area contributed by atoms with Gasteiger partial charge in [-0.2, -0.15) is 0 Å². The Morgan fingerprint density at radius 3 is 2.62 bits per heavy atom. The number of methoxy groups -OCH3 is 1. The zero-order valence-corrected chi connectivity index (χ0v) is 16.2. The van der Waals surface area contributed by atoms with Gasteiger partial charge in [0.25, 0.3) is 11.8 Å². The molecule has 0 saturated carbocycles. The quantitative estimate of drug-likeness (QED) is 0.459. The number of alkyl halides is 3. The van der Waals surface area contributed by atoms with Crippen LogP contribution in [0.5, 0.6) is 11.5 Å². The van der Waals surface area contributed by atoms with E-state index >= 15 is 0 Å². The summed E-state index contributed by atoms with van der Waals surface area (Å²) in [7, 11) is 1.28. The fourth-order valence-electron chi connectivity index (χ4n) is 2.72. The molecule has 0 aliphatic carbocycles. The van der Waals surface area contributed by atoms with Gasteiger partial charge >= 0.3 is 6.36 Å². The lowest BCUT2D eigenvalue weighted by molar-refractivity contribution is -0.274. The van der Waals surface area contributed by atoms with E-state index in [0.717, 1.165) is 12.1 Å². The molecule has 0 unspecified atom stereocenters. The first-order valence-electron chi connectivity index (χ1n) is 8.91. The second-order valence-electron chi connectivity index (χ2n) is 6.18. The average Bonchev–Trinajstić information content (AvgIpc) is 3.44. The lowest BCUT2D eigenvalue weighted by Gasteiger charge is -2.13. The Balaban J connectivity index is 1.56. The van der Waals surface area contributed by atoms with Gasteiger partial charge in [-0.05, 0) is 42.5 Å². The predicted octanol–water partition coefficient (Wildman–Crippen LogP) is 4.55. The Bertz CT molecular complexity index is 1240. The predicted molar refractivity (Wildman–Crippen MR) is 103 cm³/mol. The van der Waals surface area contributed by atoms with Crippen molar-refractivity contribution < 1.29 is 36.3 Å². The van der Waals surface area contributed by atoms with Gasteiger partial charge in [-0.3, -0.25) is 4.79 Å². The summed E-state index contributed by atoms with van der Waals surface area (Å²) in [5, 5.41) is 10.3. The second-order valence-corrected chi connectivity index (χ2v) is 6.18. The first-order valence-corrected chi connectivity index (χ1v) is 8.91. The lowest BCUT2D eigenvalue weighted by atomic mass is 10.1. The molecule has 1 N–H and O–H groups in total. The number of pyridine rings is 1. The van der Waals surface area contributed by atoms with Crippen molar-refractivity contribution in [2.45, 2.75) is 6.36 Å².